The van der Waals surface area contributed by atoms with E-state index in [-0.39, 0.29) is 13.2 Å². The lowest BCUT2D eigenvalue weighted by Gasteiger charge is -2.17. The first-order valence-electron chi connectivity index (χ1n) is 5.58. The van der Waals surface area contributed by atoms with E-state index in [0.717, 1.165) is 0 Å². The average molecular weight is 281 g/mol. The van der Waals surface area contributed by atoms with Crippen molar-refractivity contribution in [3.05, 3.63) is 0 Å². The number of carbonyl (C=O) groups is 2. The minimum absolute atomic E-state index is 0.0734. The second-order valence-corrected chi connectivity index (χ2v) is 3.69. The summed E-state index contributed by atoms with van der Waals surface area (Å²) in [4.78, 5) is 26.0. The van der Waals surface area contributed by atoms with E-state index in [1.165, 1.54) is 6.92 Å². The zero-order chi connectivity index (χ0) is 14.8. The zero-order valence-electron chi connectivity index (χ0n) is 10.5. The summed E-state index contributed by atoms with van der Waals surface area (Å²) in [5, 5.41) is 27.0. The molecule has 0 fully saturated rings. The van der Waals surface area contributed by atoms with E-state index in [1.807, 2.05) is 0 Å². The molecule has 0 saturated carbocycles. The van der Waals surface area contributed by atoms with Crippen molar-refractivity contribution < 1.29 is 34.7 Å². The molecule has 0 radical (unpaired) electrons. The fourth-order valence-electron chi connectivity index (χ4n) is 1.05. The quantitative estimate of drug-likeness (QED) is 0.272. The van der Waals surface area contributed by atoms with Crippen molar-refractivity contribution in [1.82, 2.24) is 10.7 Å². The molecule has 2 atom stereocenters. The molecule has 112 valence electrons. The summed E-state index contributed by atoms with van der Waals surface area (Å²) in [7, 11) is 0. The van der Waals surface area contributed by atoms with Gasteiger partial charge in [0.2, 0.25) is 0 Å². The number of hydrogen-bond donors (Lipinski definition) is 5. The second-order valence-electron chi connectivity index (χ2n) is 3.69. The number of carboxylic acids is 1. The highest BCUT2D eigenvalue weighted by atomic mass is 17.1. The highest BCUT2D eigenvalue weighted by Gasteiger charge is 2.23. The van der Waals surface area contributed by atoms with Crippen LogP contribution in [0.1, 0.15) is 19.8 Å². The van der Waals surface area contributed by atoms with E-state index in [4.69, 9.17) is 26.0 Å². The second kappa shape index (κ2) is 9.47. The minimum atomic E-state index is -1.28. The first-order chi connectivity index (χ1) is 8.84. The Kier molecular flexibility index (Phi) is 8.74. The molecule has 6 N–H and O–H groups in total. The maximum Gasteiger partial charge on any atom is 0.407 e. The van der Waals surface area contributed by atoms with Gasteiger partial charge in [-0.3, -0.25) is 20.0 Å². The van der Waals surface area contributed by atoms with Gasteiger partial charge in [-0.15, -0.1) is 0 Å². The van der Waals surface area contributed by atoms with E-state index < -0.39 is 29.6 Å². The van der Waals surface area contributed by atoms with Gasteiger partial charge in [0, 0.05) is 6.54 Å². The van der Waals surface area contributed by atoms with Crippen LogP contribution < -0.4 is 11.1 Å². The summed E-state index contributed by atoms with van der Waals surface area (Å²) < 4.78 is 4.74. The molecule has 10 nitrogen and oxygen atoms in total. The van der Waals surface area contributed by atoms with Gasteiger partial charge in [0.05, 0.1) is 12.0 Å². The number of carbonyl (C=O) groups excluding carboxylic acids is 1. The first kappa shape index (κ1) is 17.5. The fourth-order valence-corrected chi connectivity index (χ4v) is 1.05. The van der Waals surface area contributed by atoms with E-state index in [0.29, 0.717) is 12.8 Å². The van der Waals surface area contributed by atoms with Crippen LogP contribution in [0.25, 0.3) is 0 Å². The lowest BCUT2D eigenvalue weighted by Crippen LogP contribution is -2.44. The van der Waals surface area contributed by atoms with Crippen LogP contribution in [0.2, 0.25) is 0 Å². The van der Waals surface area contributed by atoms with Crippen LogP contribution >= 0.6 is 0 Å². The minimum Gasteiger partial charge on any atom is -0.480 e. The van der Waals surface area contributed by atoms with Crippen LogP contribution in [0.4, 0.5) is 4.79 Å². The number of ether oxygens (including phenoxy) is 1. The summed E-state index contributed by atoms with van der Waals surface area (Å²) in [6, 6.07) is -1.28. The number of hydrogen-bond acceptors (Lipinski definition) is 8. The third-order valence-corrected chi connectivity index (χ3v) is 2.13. The van der Waals surface area contributed by atoms with Gasteiger partial charge < -0.3 is 20.9 Å². The van der Waals surface area contributed by atoms with E-state index in [1.54, 1.807) is 0 Å². The molecular weight excluding hydrogens is 262 g/mol. The fraction of sp³-hybridized carbons (Fsp3) is 0.778. The topological polar surface area (TPSA) is 155 Å². The Balaban J connectivity index is 3.62. The SMILES string of the molecule is CC(OC(=O)NCCCCON(O)O)C(N)C(=O)O. The molecule has 0 rings (SSSR count). The van der Waals surface area contributed by atoms with Crippen LogP contribution in [-0.2, 0) is 14.4 Å². The Morgan fingerprint density at radius 2 is 2.00 bits per heavy atom. The van der Waals surface area contributed by atoms with Crippen LogP contribution in [-0.4, -0.2) is 58.3 Å². The Morgan fingerprint density at radius 1 is 1.37 bits per heavy atom. The maximum atomic E-state index is 11.2. The number of nitrogens with zero attached hydrogens (tertiary/aromatic N) is 1. The van der Waals surface area contributed by atoms with Crippen LogP contribution in [0.3, 0.4) is 0 Å². The van der Waals surface area contributed by atoms with Gasteiger partial charge in [-0.25, -0.2) is 4.79 Å². The average Bonchev–Trinajstić information content (AvgIpc) is 2.31. The number of rotatable bonds is 9. The van der Waals surface area contributed by atoms with Crippen molar-refractivity contribution in [2.24, 2.45) is 5.73 Å². The highest BCUT2D eigenvalue weighted by Crippen LogP contribution is 1.97. The van der Waals surface area contributed by atoms with Gasteiger partial charge in [0.15, 0.2) is 0 Å². The predicted molar refractivity (Wildman–Crippen MR) is 60.2 cm³/mol. The van der Waals surface area contributed by atoms with Gasteiger partial charge in [-0.2, -0.15) is 0 Å². The van der Waals surface area contributed by atoms with Crippen LogP contribution in [0.15, 0.2) is 0 Å². The first-order valence-corrected chi connectivity index (χ1v) is 5.58. The number of nitrogens with one attached hydrogen (secondary N) is 1. The number of aliphatic carboxylic acids is 1. The third kappa shape index (κ3) is 9.16. The molecule has 0 saturated heterocycles. The molecule has 0 aromatic heterocycles. The Bertz CT molecular complexity index is 287. The number of alkyl carbamates (subject to hydrolysis) is 1. The molecule has 0 aliphatic rings. The predicted octanol–water partition coefficient (Wildman–Crippen LogP) is -0.695. The molecule has 0 spiro atoms. The van der Waals surface area contributed by atoms with Gasteiger partial charge in [-0.05, 0) is 19.8 Å². The standard InChI is InChI=1S/C9H19N3O7/c1-6(7(10)8(13)14)19-9(15)11-4-2-3-5-18-12(16)17/h6-7,16-17H,2-5,10H2,1H3,(H,11,15)(H,13,14). The van der Waals surface area contributed by atoms with E-state index >= 15 is 0 Å². The van der Waals surface area contributed by atoms with Crippen molar-refractivity contribution in [3.8, 4) is 0 Å². The smallest absolute Gasteiger partial charge is 0.407 e. The van der Waals surface area contributed by atoms with Gasteiger partial charge in [0.1, 0.15) is 12.1 Å². The summed E-state index contributed by atoms with van der Waals surface area (Å²) in [6.07, 6.45) is -0.723. The molecule has 0 heterocycles. The molecule has 0 aliphatic carbocycles. The van der Waals surface area contributed by atoms with Crippen molar-refractivity contribution in [3.63, 3.8) is 0 Å². The molecule has 1 amide bonds. The monoisotopic (exact) mass is 281 g/mol. The number of carboxylic acid groups (broad SMARTS) is 1. The number of unbranched alkanes of at least 4 members (excludes halogenated alkanes) is 1. The number of nitrogens with two attached hydrogens (primary N) is 1. The van der Waals surface area contributed by atoms with Crippen molar-refractivity contribution in [1.29, 1.82) is 0 Å². The van der Waals surface area contributed by atoms with Gasteiger partial charge >= 0.3 is 12.1 Å². The Labute approximate surface area is 109 Å². The normalized spacial score (nSPS) is 13.9. The van der Waals surface area contributed by atoms with Crippen LogP contribution in [0, 0.1) is 0 Å². The molecule has 19 heavy (non-hydrogen) atoms. The summed E-state index contributed by atoms with van der Waals surface area (Å²) in [5.41, 5.74) is 5.26. The summed E-state index contributed by atoms with van der Waals surface area (Å²) >= 11 is 0. The van der Waals surface area contributed by atoms with Crippen molar-refractivity contribution in [2.45, 2.75) is 31.9 Å². The molecule has 10 heteroatoms. The molecular formula is C9H19N3O7. The largest absolute Gasteiger partial charge is 0.480 e. The molecule has 0 aromatic carbocycles. The molecule has 0 bridgehead atoms. The lowest BCUT2D eigenvalue weighted by molar-refractivity contribution is -0.492. The molecule has 0 aromatic rings. The Morgan fingerprint density at radius 3 is 2.53 bits per heavy atom. The van der Waals surface area contributed by atoms with Gasteiger partial charge in [0.25, 0.3) is 0 Å². The highest BCUT2D eigenvalue weighted by molar-refractivity contribution is 5.75. The van der Waals surface area contributed by atoms with E-state index in [9.17, 15) is 9.59 Å². The molecule has 2 unspecified atom stereocenters. The zero-order valence-corrected chi connectivity index (χ0v) is 10.5. The maximum absolute atomic E-state index is 11.2. The van der Waals surface area contributed by atoms with E-state index in [2.05, 4.69) is 10.2 Å². The van der Waals surface area contributed by atoms with Crippen LogP contribution in [0.5, 0.6) is 0 Å². The summed E-state index contributed by atoms with van der Waals surface area (Å²) in [5.74, 6) is -1.25. The Hall–Kier alpha value is -1.46. The van der Waals surface area contributed by atoms with Crippen molar-refractivity contribution in [2.75, 3.05) is 13.2 Å². The third-order valence-electron chi connectivity index (χ3n) is 2.13. The molecule has 0 aliphatic heterocycles. The van der Waals surface area contributed by atoms with Gasteiger partial charge in [-0.1, -0.05) is 0 Å². The lowest BCUT2D eigenvalue weighted by atomic mass is 10.2. The summed E-state index contributed by atoms with van der Waals surface area (Å²) in [6.45, 7) is 1.72. The number of amides is 1. The van der Waals surface area contributed by atoms with Crippen molar-refractivity contribution >= 4 is 12.1 Å².